The standard InChI is InChI=1S/C30H37N3O4S/c1-6-28(30(35)31-7-2)32(20-25-14-12-11-13-24(25)5)29(34)21-33(26-18-22(3)17-23(4)19-26)38(36,37)27-15-9-8-10-16-27/h8-19,28H,6-7,20-21H2,1-5H3,(H,31,35). The Morgan fingerprint density at radius 1 is 0.868 bits per heavy atom. The third kappa shape index (κ3) is 6.81. The minimum atomic E-state index is -4.07. The van der Waals surface area contributed by atoms with E-state index in [4.69, 9.17) is 0 Å². The van der Waals surface area contributed by atoms with Gasteiger partial charge in [-0.15, -0.1) is 0 Å². The Kier molecular flexibility index (Phi) is 9.69. The van der Waals surface area contributed by atoms with Crippen molar-refractivity contribution >= 4 is 27.5 Å². The Morgan fingerprint density at radius 3 is 2.05 bits per heavy atom. The van der Waals surface area contributed by atoms with Crippen molar-refractivity contribution in [3.05, 3.63) is 95.1 Å². The summed E-state index contributed by atoms with van der Waals surface area (Å²) < 4.78 is 28.9. The molecule has 38 heavy (non-hydrogen) atoms. The summed E-state index contributed by atoms with van der Waals surface area (Å²) in [5, 5.41) is 2.82. The molecule has 3 aromatic carbocycles. The van der Waals surface area contributed by atoms with Crippen LogP contribution in [0.1, 0.15) is 42.5 Å². The second-order valence-corrected chi connectivity index (χ2v) is 11.3. The van der Waals surface area contributed by atoms with Crippen molar-refractivity contribution in [2.45, 2.75) is 58.5 Å². The highest BCUT2D eigenvalue weighted by molar-refractivity contribution is 7.92. The van der Waals surface area contributed by atoms with Crippen LogP contribution in [0.2, 0.25) is 0 Å². The first-order chi connectivity index (χ1) is 18.1. The molecule has 8 heteroatoms. The van der Waals surface area contributed by atoms with E-state index in [9.17, 15) is 18.0 Å². The van der Waals surface area contributed by atoms with Gasteiger partial charge in [0.15, 0.2) is 0 Å². The van der Waals surface area contributed by atoms with Crippen LogP contribution in [0.15, 0.2) is 77.7 Å². The number of benzene rings is 3. The molecule has 0 fully saturated rings. The minimum absolute atomic E-state index is 0.0909. The Bertz CT molecular complexity index is 1350. The fraction of sp³-hybridized carbons (Fsp3) is 0.333. The number of carbonyl (C=O) groups excluding carboxylic acids is 2. The molecule has 0 saturated heterocycles. The van der Waals surface area contributed by atoms with Gasteiger partial charge in [0.1, 0.15) is 12.6 Å². The van der Waals surface area contributed by atoms with Crippen LogP contribution in [-0.2, 0) is 26.2 Å². The molecule has 0 aliphatic carbocycles. The van der Waals surface area contributed by atoms with Crippen LogP contribution in [0.4, 0.5) is 5.69 Å². The number of anilines is 1. The molecule has 0 radical (unpaired) electrons. The van der Waals surface area contributed by atoms with Gasteiger partial charge in [-0.25, -0.2) is 8.42 Å². The van der Waals surface area contributed by atoms with E-state index in [1.807, 2.05) is 65.0 Å². The van der Waals surface area contributed by atoms with E-state index >= 15 is 0 Å². The second kappa shape index (κ2) is 12.7. The Labute approximate surface area is 226 Å². The number of carbonyl (C=O) groups is 2. The molecule has 3 aromatic rings. The Hall–Kier alpha value is -3.65. The summed E-state index contributed by atoms with van der Waals surface area (Å²) in [6.45, 7) is 9.57. The van der Waals surface area contributed by atoms with Crippen molar-refractivity contribution in [2.75, 3.05) is 17.4 Å². The van der Waals surface area contributed by atoms with Crippen molar-refractivity contribution in [1.82, 2.24) is 10.2 Å². The molecule has 2 amide bonds. The summed E-state index contributed by atoms with van der Waals surface area (Å²) >= 11 is 0. The first-order valence-corrected chi connectivity index (χ1v) is 14.3. The highest BCUT2D eigenvalue weighted by Crippen LogP contribution is 2.27. The lowest BCUT2D eigenvalue weighted by atomic mass is 10.1. The van der Waals surface area contributed by atoms with Crippen LogP contribution < -0.4 is 9.62 Å². The largest absolute Gasteiger partial charge is 0.355 e. The Morgan fingerprint density at radius 2 is 1.47 bits per heavy atom. The molecular formula is C30H37N3O4S. The molecule has 0 spiro atoms. The number of rotatable bonds is 11. The predicted octanol–water partition coefficient (Wildman–Crippen LogP) is 4.75. The zero-order valence-electron chi connectivity index (χ0n) is 22.8. The maximum atomic E-state index is 14.0. The van der Waals surface area contributed by atoms with Gasteiger partial charge in [0.2, 0.25) is 11.8 Å². The molecule has 1 atom stereocenters. The minimum Gasteiger partial charge on any atom is -0.355 e. The third-order valence-corrected chi connectivity index (χ3v) is 8.23. The molecule has 0 heterocycles. The van der Waals surface area contributed by atoms with Crippen LogP contribution in [0, 0.1) is 20.8 Å². The van der Waals surface area contributed by atoms with E-state index in [1.165, 1.54) is 17.0 Å². The van der Waals surface area contributed by atoms with E-state index in [0.29, 0.717) is 18.7 Å². The lowest BCUT2D eigenvalue weighted by Crippen LogP contribution is -2.52. The molecular weight excluding hydrogens is 498 g/mol. The van der Waals surface area contributed by atoms with Gasteiger partial charge in [0.05, 0.1) is 10.6 Å². The first kappa shape index (κ1) is 28.9. The number of hydrogen-bond acceptors (Lipinski definition) is 4. The van der Waals surface area contributed by atoms with Gasteiger partial charge in [-0.05, 0) is 80.6 Å². The lowest BCUT2D eigenvalue weighted by Gasteiger charge is -2.33. The molecule has 0 saturated carbocycles. The smallest absolute Gasteiger partial charge is 0.264 e. The summed E-state index contributed by atoms with van der Waals surface area (Å²) in [7, 11) is -4.07. The zero-order chi connectivity index (χ0) is 27.9. The molecule has 0 aliphatic rings. The van der Waals surface area contributed by atoms with E-state index in [-0.39, 0.29) is 17.3 Å². The third-order valence-electron chi connectivity index (χ3n) is 6.44. The summed E-state index contributed by atoms with van der Waals surface area (Å²) in [4.78, 5) is 28.7. The van der Waals surface area contributed by atoms with Gasteiger partial charge in [0, 0.05) is 13.1 Å². The Balaban J connectivity index is 2.09. The zero-order valence-corrected chi connectivity index (χ0v) is 23.6. The molecule has 1 unspecified atom stereocenters. The number of nitrogens with zero attached hydrogens (tertiary/aromatic N) is 2. The summed E-state index contributed by atoms with van der Waals surface area (Å²) in [5.74, 6) is -0.717. The van der Waals surface area contributed by atoms with Crippen LogP contribution in [0.5, 0.6) is 0 Å². The molecule has 202 valence electrons. The molecule has 0 bridgehead atoms. The highest BCUT2D eigenvalue weighted by Gasteiger charge is 2.33. The van der Waals surface area contributed by atoms with Gasteiger partial charge in [0.25, 0.3) is 10.0 Å². The lowest BCUT2D eigenvalue weighted by molar-refractivity contribution is -0.140. The van der Waals surface area contributed by atoms with Crippen LogP contribution >= 0.6 is 0 Å². The summed E-state index contributed by atoms with van der Waals surface area (Å²) in [6, 6.07) is 20.5. The predicted molar refractivity (Wildman–Crippen MR) is 151 cm³/mol. The number of nitrogens with one attached hydrogen (secondary N) is 1. The molecule has 1 N–H and O–H groups in total. The quantitative estimate of drug-likeness (QED) is 0.384. The van der Waals surface area contributed by atoms with E-state index in [2.05, 4.69) is 5.32 Å². The molecule has 0 aliphatic heterocycles. The average Bonchev–Trinajstić information content (AvgIpc) is 2.88. The maximum Gasteiger partial charge on any atom is 0.264 e. The SMILES string of the molecule is CCNC(=O)C(CC)N(Cc1ccccc1C)C(=O)CN(c1cc(C)cc(C)c1)S(=O)(=O)c1ccccc1. The van der Waals surface area contributed by atoms with Gasteiger partial charge in [-0.2, -0.15) is 0 Å². The van der Waals surface area contributed by atoms with Gasteiger partial charge < -0.3 is 10.2 Å². The number of hydrogen-bond donors (Lipinski definition) is 1. The molecule has 7 nitrogen and oxygen atoms in total. The fourth-order valence-corrected chi connectivity index (χ4v) is 5.94. The van der Waals surface area contributed by atoms with Crippen molar-refractivity contribution in [2.24, 2.45) is 0 Å². The first-order valence-electron chi connectivity index (χ1n) is 12.9. The topological polar surface area (TPSA) is 86.8 Å². The highest BCUT2D eigenvalue weighted by atomic mass is 32.2. The van der Waals surface area contributed by atoms with Crippen molar-refractivity contribution < 1.29 is 18.0 Å². The number of amides is 2. The maximum absolute atomic E-state index is 14.0. The number of sulfonamides is 1. The van der Waals surface area contributed by atoms with E-state index in [1.54, 1.807) is 30.3 Å². The monoisotopic (exact) mass is 535 g/mol. The van der Waals surface area contributed by atoms with Crippen LogP contribution in [0.25, 0.3) is 0 Å². The fourth-order valence-electron chi connectivity index (χ4n) is 4.53. The van der Waals surface area contributed by atoms with Crippen LogP contribution in [0.3, 0.4) is 0 Å². The van der Waals surface area contributed by atoms with Crippen molar-refractivity contribution in [1.29, 1.82) is 0 Å². The summed E-state index contributed by atoms with van der Waals surface area (Å²) in [5.41, 5.74) is 4.05. The van der Waals surface area contributed by atoms with Crippen LogP contribution in [-0.4, -0.2) is 44.3 Å². The van der Waals surface area contributed by atoms with Gasteiger partial charge in [-0.1, -0.05) is 55.5 Å². The van der Waals surface area contributed by atoms with E-state index < -0.39 is 28.5 Å². The normalized spacial score (nSPS) is 12.0. The van der Waals surface area contributed by atoms with Crippen molar-refractivity contribution in [3.8, 4) is 0 Å². The number of aryl methyl sites for hydroxylation is 3. The van der Waals surface area contributed by atoms with Gasteiger partial charge >= 0.3 is 0 Å². The molecule has 3 rings (SSSR count). The van der Waals surface area contributed by atoms with Crippen molar-refractivity contribution in [3.63, 3.8) is 0 Å². The second-order valence-electron chi connectivity index (χ2n) is 9.44. The average molecular weight is 536 g/mol. The van der Waals surface area contributed by atoms with E-state index in [0.717, 1.165) is 26.6 Å². The number of likely N-dealkylation sites (N-methyl/N-ethyl adjacent to an activating group) is 1. The summed E-state index contributed by atoms with van der Waals surface area (Å²) in [6.07, 6.45) is 0.387. The van der Waals surface area contributed by atoms with Gasteiger partial charge in [-0.3, -0.25) is 13.9 Å². The molecule has 0 aromatic heterocycles.